The summed E-state index contributed by atoms with van der Waals surface area (Å²) in [6, 6.07) is 12.9. The van der Waals surface area contributed by atoms with Gasteiger partial charge in [0.2, 0.25) is 0 Å². The van der Waals surface area contributed by atoms with Crippen LogP contribution in [0.2, 0.25) is 0 Å². The van der Waals surface area contributed by atoms with Crippen molar-refractivity contribution in [3.8, 4) is 0 Å². The van der Waals surface area contributed by atoms with Crippen LogP contribution in [0.25, 0.3) is 10.8 Å². The fourth-order valence-corrected chi connectivity index (χ4v) is 3.29. The predicted molar refractivity (Wildman–Crippen MR) is 96.0 cm³/mol. The largest absolute Gasteiger partial charge is 0.416 e. The number of benzene rings is 2. The molecule has 0 saturated heterocycles. The SMILES string of the molecule is O=c1c2ccccc2cnn1CN(Cc1ccccc1C(F)(F)F)C1CC1. The van der Waals surface area contributed by atoms with Gasteiger partial charge in [-0.15, -0.1) is 0 Å². The molecule has 0 aliphatic heterocycles. The Bertz CT molecular complexity index is 1020. The van der Waals surface area contributed by atoms with E-state index in [1.165, 1.54) is 16.8 Å². The normalized spacial score (nSPS) is 14.8. The first-order valence-corrected chi connectivity index (χ1v) is 8.77. The fourth-order valence-electron chi connectivity index (χ4n) is 3.29. The second-order valence-corrected chi connectivity index (χ2v) is 6.81. The lowest BCUT2D eigenvalue weighted by atomic mass is 10.1. The van der Waals surface area contributed by atoms with E-state index in [2.05, 4.69) is 5.10 Å². The summed E-state index contributed by atoms with van der Waals surface area (Å²) in [6.45, 7) is 0.293. The molecule has 140 valence electrons. The summed E-state index contributed by atoms with van der Waals surface area (Å²) in [4.78, 5) is 14.6. The minimum Gasteiger partial charge on any atom is -0.277 e. The highest BCUT2D eigenvalue weighted by Crippen LogP contribution is 2.34. The zero-order valence-electron chi connectivity index (χ0n) is 14.5. The summed E-state index contributed by atoms with van der Waals surface area (Å²) >= 11 is 0. The molecule has 0 atom stereocenters. The van der Waals surface area contributed by atoms with E-state index in [-0.39, 0.29) is 30.4 Å². The Labute approximate surface area is 153 Å². The van der Waals surface area contributed by atoms with Crippen molar-refractivity contribution in [1.82, 2.24) is 14.7 Å². The third kappa shape index (κ3) is 3.73. The van der Waals surface area contributed by atoms with Crippen LogP contribution in [0.5, 0.6) is 0 Å². The van der Waals surface area contributed by atoms with Gasteiger partial charge in [0.25, 0.3) is 5.56 Å². The number of hydrogen-bond acceptors (Lipinski definition) is 3. The average molecular weight is 373 g/mol. The van der Waals surface area contributed by atoms with Gasteiger partial charge in [0.1, 0.15) is 0 Å². The molecule has 0 radical (unpaired) electrons. The minimum absolute atomic E-state index is 0.126. The maximum absolute atomic E-state index is 13.3. The molecule has 27 heavy (non-hydrogen) atoms. The number of alkyl halides is 3. The zero-order chi connectivity index (χ0) is 19.0. The van der Waals surface area contributed by atoms with E-state index in [0.29, 0.717) is 5.39 Å². The van der Waals surface area contributed by atoms with Crippen molar-refractivity contribution in [1.29, 1.82) is 0 Å². The van der Waals surface area contributed by atoms with Gasteiger partial charge >= 0.3 is 6.18 Å². The van der Waals surface area contributed by atoms with Crippen molar-refractivity contribution in [3.63, 3.8) is 0 Å². The van der Waals surface area contributed by atoms with Crippen molar-refractivity contribution in [2.75, 3.05) is 0 Å². The maximum Gasteiger partial charge on any atom is 0.416 e. The third-order valence-electron chi connectivity index (χ3n) is 4.84. The molecular formula is C20H18F3N3O. The third-order valence-corrected chi connectivity index (χ3v) is 4.84. The minimum atomic E-state index is -4.40. The van der Waals surface area contributed by atoms with Crippen molar-refractivity contribution in [2.24, 2.45) is 0 Å². The van der Waals surface area contributed by atoms with Gasteiger partial charge in [-0.05, 0) is 30.5 Å². The smallest absolute Gasteiger partial charge is 0.277 e. The van der Waals surface area contributed by atoms with Gasteiger partial charge in [0, 0.05) is 18.0 Å². The monoisotopic (exact) mass is 373 g/mol. The molecule has 4 nitrogen and oxygen atoms in total. The first-order valence-electron chi connectivity index (χ1n) is 8.77. The standard InChI is InChI=1S/C20H18F3N3O/c21-20(22,23)18-8-4-2-6-15(18)12-25(16-9-10-16)13-26-19(27)17-7-3-1-5-14(17)11-24-26/h1-8,11,16H,9-10,12-13H2. The van der Waals surface area contributed by atoms with E-state index < -0.39 is 11.7 Å². The predicted octanol–water partition coefficient (Wildman–Crippen LogP) is 4.04. The fraction of sp³-hybridized carbons (Fsp3) is 0.300. The molecular weight excluding hydrogens is 355 g/mol. The van der Waals surface area contributed by atoms with E-state index >= 15 is 0 Å². The topological polar surface area (TPSA) is 38.1 Å². The Hall–Kier alpha value is -2.67. The first-order chi connectivity index (χ1) is 12.9. The molecule has 7 heteroatoms. The molecule has 1 aliphatic rings. The lowest BCUT2D eigenvalue weighted by Crippen LogP contribution is -2.35. The molecule has 1 heterocycles. The molecule has 1 aliphatic carbocycles. The highest BCUT2D eigenvalue weighted by atomic mass is 19.4. The number of fused-ring (bicyclic) bond motifs is 1. The molecule has 1 saturated carbocycles. The Morgan fingerprint density at radius 1 is 1.07 bits per heavy atom. The van der Waals surface area contributed by atoms with Crippen LogP contribution in [0, 0.1) is 0 Å². The van der Waals surface area contributed by atoms with Crippen LogP contribution in [0.1, 0.15) is 24.0 Å². The second kappa shape index (κ2) is 6.81. The molecule has 0 spiro atoms. The quantitative estimate of drug-likeness (QED) is 0.678. The van der Waals surface area contributed by atoms with Gasteiger partial charge in [0.05, 0.1) is 23.8 Å². The van der Waals surface area contributed by atoms with E-state index in [1.807, 2.05) is 17.0 Å². The summed E-state index contributed by atoms with van der Waals surface area (Å²) in [7, 11) is 0. The summed E-state index contributed by atoms with van der Waals surface area (Å²) in [5.74, 6) is 0. The van der Waals surface area contributed by atoms with E-state index in [1.54, 1.807) is 24.4 Å². The number of aromatic nitrogens is 2. The lowest BCUT2D eigenvalue weighted by molar-refractivity contribution is -0.138. The highest BCUT2D eigenvalue weighted by Gasteiger charge is 2.35. The van der Waals surface area contributed by atoms with Crippen LogP contribution < -0.4 is 5.56 Å². The lowest BCUT2D eigenvalue weighted by Gasteiger charge is -2.24. The van der Waals surface area contributed by atoms with Gasteiger partial charge in [0.15, 0.2) is 0 Å². The molecule has 2 aromatic carbocycles. The van der Waals surface area contributed by atoms with Crippen LogP contribution in [0.15, 0.2) is 59.5 Å². The van der Waals surface area contributed by atoms with Crippen LogP contribution in [0.4, 0.5) is 13.2 Å². The number of nitrogens with zero attached hydrogens (tertiary/aromatic N) is 3. The second-order valence-electron chi connectivity index (χ2n) is 6.81. The van der Waals surface area contributed by atoms with Crippen molar-refractivity contribution >= 4 is 10.8 Å². The van der Waals surface area contributed by atoms with Crippen molar-refractivity contribution in [3.05, 3.63) is 76.2 Å². The summed E-state index contributed by atoms with van der Waals surface area (Å²) in [5, 5.41) is 5.51. The van der Waals surface area contributed by atoms with Crippen LogP contribution >= 0.6 is 0 Å². The average Bonchev–Trinajstić information content (AvgIpc) is 3.48. The van der Waals surface area contributed by atoms with Gasteiger partial charge in [-0.2, -0.15) is 18.3 Å². The van der Waals surface area contributed by atoms with E-state index in [9.17, 15) is 18.0 Å². The van der Waals surface area contributed by atoms with Crippen LogP contribution in [-0.2, 0) is 19.4 Å². The molecule has 3 aromatic rings. The van der Waals surface area contributed by atoms with Gasteiger partial charge in [-0.1, -0.05) is 36.4 Å². The molecule has 1 fully saturated rings. The van der Waals surface area contributed by atoms with E-state index in [0.717, 1.165) is 24.3 Å². The molecule has 0 unspecified atom stereocenters. The number of hydrogen-bond donors (Lipinski definition) is 0. The zero-order valence-corrected chi connectivity index (χ0v) is 14.5. The maximum atomic E-state index is 13.3. The Morgan fingerprint density at radius 3 is 2.52 bits per heavy atom. The Balaban J connectivity index is 1.64. The Kier molecular flexibility index (Phi) is 4.47. The summed E-state index contributed by atoms with van der Waals surface area (Å²) in [6.07, 6.45) is -0.956. The highest BCUT2D eigenvalue weighted by molar-refractivity contribution is 5.80. The first kappa shape index (κ1) is 17.7. The Morgan fingerprint density at radius 2 is 1.78 bits per heavy atom. The summed E-state index contributed by atoms with van der Waals surface area (Å²) in [5.41, 5.74) is -0.650. The van der Waals surface area contributed by atoms with Crippen LogP contribution in [0.3, 0.4) is 0 Å². The molecule has 4 rings (SSSR count). The number of halogens is 3. The molecule has 0 amide bonds. The van der Waals surface area contributed by atoms with Crippen molar-refractivity contribution < 1.29 is 13.2 Å². The molecule has 0 bridgehead atoms. The number of rotatable bonds is 5. The van der Waals surface area contributed by atoms with Crippen LogP contribution in [-0.4, -0.2) is 20.7 Å². The molecule has 1 aromatic heterocycles. The van der Waals surface area contributed by atoms with Gasteiger partial charge < -0.3 is 0 Å². The van der Waals surface area contributed by atoms with Gasteiger partial charge in [-0.25, -0.2) is 4.68 Å². The van der Waals surface area contributed by atoms with E-state index in [4.69, 9.17) is 0 Å². The summed E-state index contributed by atoms with van der Waals surface area (Å²) < 4.78 is 41.2. The van der Waals surface area contributed by atoms with Gasteiger partial charge in [-0.3, -0.25) is 9.69 Å². The molecule has 0 N–H and O–H groups in total. The van der Waals surface area contributed by atoms with Crippen molar-refractivity contribution in [2.45, 2.75) is 38.3 Å².